The lowest BCUT2D eigenvalue weighted by Crippen LogP contribution is -2.55. The second kappa shape index (κ2) is 18.0. The summed E-state index contributed by atoms with van der Waals surface area (Å²) in [7, 11) is 2.09. The van der Waals surface area contributed by atoms with Gasteiger partial charge in [0, 0.05) is 12.3 Å². The molecule has 0 bridgehead atoms. The Morgan fingerprint density at radius 1 is 0.889 bits per heavy atom. The van der Waals surface area contributed by atoms with E-state index in [0.717, 1.165) is 22.3 Å². The van der Waals surface area contributed by atoms with Crippen molar-refractivity contribution in [3.8, 4) is 11.1 Å². The van der Waals surface area contributed by atoms with Crippen molar-refractivity contribution in [3.05, 3.63) is 95.6 Å². The Hall–Kier alpha value is -4.84. The third kappa shape index (κ3) is 9.82. The van der Waals surface area contributed by atoms with Gasteiger partial charge in [0.25, 0.3) is 5.91 Å². The summed E-state index contributed by atoms with van der Waals surface area (Å²) in [5, 5.41) is 21.3. The minimum atomic E-state index is -1.71. The number of amides is 5. The van der Waals surface area contributed by atoms with E-state index >= 15 is 0 Å². The monoisotopic (exact) mass is 759 g/mol. The Morgan fingerprint density at radius 3 is 2.09 bits per heavy atom. The molecular weight excluding hydrogens is 709 g/mol. The van der Waals surface area contributed by atoms with Gasteiger partial charge in [-0.2, -0.15) is 0 Å². The maximum atomic E-state index is 13.9. The van der Waals surface area contributed by atoms with Crippen LogP contribution in [0.1, 0.15) is 75.6 Å². The Kier molecular flexibility index (Phi) is 13.4. The van der Waals surface area contributed by atoms with Crippen LogP contribution in [0.3, 0.4) is 0 Å². The van der Waals surface area contributed by atoms with Crippen LogP contribution in [-0.2, 0) is 28.7 Å². The van der Waals surface area contributed by atoms with Gasteiger partial charge in [-0.05, 0) is 64.4 Å². The topological polar surface area (TPSA) is 175 Å². The van der Waals surface area contributed by atoms with E-state index in [9.17, 15) is 29.1 Å². The molecular formula is C40H50N5O8P. The quantitative estimate of drug-likeness (QED) is 0.155. The lowest BCUT2D eigenvalue weighted by Gasteiger charge is -2.28. The number of rotatable bonds is 14. The number of hydrogen-bond acceptors (Lipinski definition) is 8. The Labute approximate surface area is 318 Å². The fourth-order valence-corrected chi connectivity index (χ4v) is 7.27. The van der Waals surface area contributed by atoms with Crippen LogP contribution in [0.5, 0.6) is 0 Å². The molecule has 54 heavy (non-hydrogen) atoms. The summed E-state index contributed by atoms with van der Waals surface area (Å²) >= 11 is 0. The first-order chi connectivity index (χ1) is 25.8. The van der Waals surface area contributed by atoms with Crippen LogP contribution in [0, 0.1) is 0 Å². The van der Waals surface area contributed by atoms with Crippen LogP contribution in [0.25, 0.3) is 11.1 Å². The summed E-state index contributed by atoms with van der Waals surface area (Å²) < 4.78 is 12.1. The number of aliphatic hydroxyl groups is 1. The van der Waals surface area contributed by atoms with Crippen LogP contribution in [-0.4, -0.2) is 89.3 Å². The number of benzene rings is 3. The molecule has 0 radical (unpaired) electrons. The Balaban J connectivity index is 1.23. The van der Waals surface area contributed by atoms with Gasteiger partial charge in [0.1, 0.15) is 18.7 Å². The summed E-state index contributed by atoms with van der Waals surface area (Å²) in [6.07, 6.45) is -1.93. The van der Waals surface area contributed by atoms with Crippen LogP contribution in [0.15, 0.2) is 78.9 Å². The average molecular weight is 760 g/mol. The van der Waals surface area contributed by atoms with Crippen molar-refractivity contribution in [2.75, 3.05) is 19.7 Å². The highest BCUT2D eigenvalue weighted by Gasteiger charge is 2.44. The molecule has 3 aromatic rings. The number of ether oxygens (including phenoxy) is 2. The summed E-state index contributed by atoms with van der Waals surface area (Å²) in [4.78, 5) is 67.4. The van der Waals surface area contributed by atoms with Gasteiger partial charge in [-0.1, -0.05) is 92.2 Å². The molecule has 6 unspecified atom stereocenters. The first-order valence-corrected chi connectivity index (χ1v) is 18.8. The highest BCUT2D eigenvalue weighted by atomic mass is 31.0. The van der Waals surface area contributed by atoms with E-state index in [4.69, 9.17) is 9.47 Å². The number of nitrogens with zero attached hydrogens (tertiary/aromatic N) is 1. The molecule has 0 spiro atoms. The van der Waals surface area contributed by atoms with Crippen molar-refractivity contribution in [2.24, 2.45) is 0 Å². The fourth-order valence-electron chi connectivity index (χ4n) is 7.10. The zero-order chi connectivity index (χ0) is 39.0. The number of nitrogens with one attached hydrogen (secondary N) is 4. The van der Waals surface area contributed by atoms with Crippen molar-refractivity contribution in [3.63, 3.8) is 0 Å². The number of carbonyl (C=O) groups is 5. The van der Waals surface area contributed by atoms with Crippen molar-refractivity contribution < 1.29 is 38.6 Å². The smallest absolute Gasteiger partial charge is 0.410 e. The van der Waals surface area contributed by atoms with E-state index in [1.807, 2.05) is 64.1 Å². The maximum absolute atomic E-state index is 13.9. The molecule has 1 aliphatic heterocycles. The molecule has 5 amide bonds. The molecule has 1 heterocycles. The van der Waals surface area contributed by atoms with Crippen LogP contribution >= 0.6 is 9.39 Å². The van der Waals surface area contributed by atoms with Gasteiger partial charge in [-0.15, -0.1) is 0 Å². The normalized spacial score (nSPS) is 18.1. The van der Waals surface area contributed by atoms with Gasteiger partial charge in [0.05, 0.1) is 30.8 Å². The molecule has 1 fully saturated rings. The van der Waals surface area contributed by atoms with E-state index in [1.165, 1.54) is 4.90 Å². The molecule has 5 rings (SSSR count). The highest BCUT2D eigenvalue weighted by molar-refractivity contribution is 7.15. The molecule has 13 nitrogen and oxygen atoms in total. The molecule has 14 heteroatoms. The third-order valence-electron chi connectivity index (χ3n) is 9.50. The number of aliphatic hydroxyl groups excluding tert-OH is 1. The largest absolute Gasteiger partial charge is 0.448 e. The molecule has 6 atom stereocenters. The molecule has 1 aliphatic carbocycles. The lowest BCUT2D eigenvalue weighted by molar-refractivity contribution is -0.135. The zero-order valence-corrected chi connectivity index (χ0v) is 32.2. The lowest BCUT2D eigenvalue weighted by atomic mass is 9.98. The number of carbonyl (C=O) groups excluding carboxylic acids is 5. The second-order valence-electron chi connectivity index (χ2n) is 14.5. The predicted octanol–water partition coefficient (Wildman–Crippen LogP) is 3.72. The predicted molar refractivity (Wildman–Crippen MR) is 206 cm³/mol. The van der Waals surface area contributed by atoms with E-state index in [-0.39, 0.29) is 31.9 Å². The van der Waals surface area contributed by atoms with Crippen LogP contribution in [0.2, 0.25) is 0 Å². The summed E-state index contributed by atoms with van der Waals surface area (Å²) in [5.41, 5.74) is 4.30. The summed E-state index contributed by atoms with van der Waals surface area (Å²) in [6.45, 7) is 7.17. The molecule has 3 aromatic carbocycles. The average Bonchev–Trinajstić information content (AvgIpc) is 3.72. The Bertz CT molecular complexity index is 1770. The highest BCUT2D eigenvalue weighted by Crippen LogP contribution is 2.44. The number of fused-ring (bicyclic) bond motifs is 3. The standard InChI is InChI=1S/C40H50N5O8P/c1-5-13-31(35(47)38(50)41-21-33(46)43-34(37(49)44-54)24-14-7-6-8-15-24)42-36(48)32-20-25(53-40(2,3)4)22-45(32)39(51)52-23-30-28-18-11-9-16-26(28)27-17-10-12-19-29(27)30/h6-12,14-19,25,30-32,34-35,47H,5,13,20-23,54H2,1-4H3,(H,41,50)(H,42,48)(H,43,46)(H,44,49). The molecule has 2 aliphatic rings. The van der Waals surface area contributed by atoms with Crippen molar-refractivity contribution in [1.82, 2.24) is 25.9 Å². The van der Waals surface area contributed by atoms with Gasteiger partial charge in [0.2, 0.25) is 17.7 Å². The molecule has 288 valence electrons. The number of likely N-dealkylation sites (tertiary alicyclic amines) is 1. The molecule has 5 N–H and O–H groups in total. The summed E-state index contributed by atoms with van der Waals surface area (Å²) in [5.74, 6) is -2.77. The Morgan fingerprint density at radius 2 is 1.50 bits per heavy atom. The first-order valence-electron chi connectivity index (χ1n) is 18.2. The van der Waals surface area contributed by atoms with Gasteiger partial charge >= 0.3 is 6.09 Å². The van der Waals surface area contributed by atoms with Crippen molar-refractivity contribution in [1.29, 1.82) is 0 Å². The van der Waals surface area contributed by atoms with E-state index in [1.54, 1.807) is 30.3 Å². The number of hydrogen-bond donors (Lipinski definition) is 5. The van der Waals surface area contributed by atoms with Gasteiger partial charge in [-0.3, -0.25) is 24.1 Å². The van der Waals surface area contributed by atoms with Gasteiger partial charge < -0.3 is 35.6 Å². The maximum Gasteiger partial charge on any atom is 0.410 e. The van der Waals surface area contributed by atoms with E-state index in [2.05, 4.69) is 42.6 Å². The van der Waals surface area contributed by atoms with Crippen LogP contribution in [0.4, 0.5) is 4.79 Å². The van der Waals surface area contributed by atoms with E-state index in [0.29, 0.717) is 12.0 Å². The molecule has 0 saturated carbocycles. The fraction of sp³-hybridized carbons (Fsp3) is 0.425. The molecule has 1 saturated heterocycles. The van der Waals surface area contributed by atoms with Crippen molar-refractivity contribution in [2.45, 2.75) is 88.8 Å². The van der Waals surface area contributed by atoms with Crippen molar-refractivity contribution >= 4 is 39.1 Å². The first kappa shape index (κ1) is 40.3. The minimum Gasteiger partial charge on any atom is -0.448 e. The van der Waals surface area contributed by atoms with Gasteiger partial charge in [0.15, 0.2) is 6.10 Å². The zero-order valence-electron chi connectivity index (χ0n) is 31.0. The van der Waals surface area contributed by atoms with Gasteiger partial charge in [-0.25, -0.2) is 4.79 Å². The van der Waals surface area contributed by atoms with Crippen LogP contribution < -0.4 is 21.0 Å². The van der Waals surface area contributed by atoms with E-state index < -0.39 is 72.2 Å². The second-order valence-corrected chi connectivity index (χ2v) is 14.8. The molecule has 0 aromatic heterocycles. The summed E-state index contributed by atoms with van der Waals surface area (Å²) in [6, 6.07) is 21.6. The SMILES string of the molecule is CCCC(NC(=O)C1CC(OC(C)(C)C)CN1C(=O)OCC1c2ccccc2-c2ccccc21)C(O)C(=O)NCC(=O)NC(C(=O)NP)c1ccccc1. The minimum absolute atomic E-state index is 0.0710. The third-order valence-corrected chi connectivity index (χ3v) is 9.78.